The van der Waals surface area contributed by atoms with Crippen molar-refractivity contribution in [2.24, 2.45) is 34.0 Å². The number of hydrogen-bond donors (Lipinski definition) is 1. The van der Waals surface area contributed by atoms with Gasteiger partial charge in [-0.25, -0.2) is 14.6 Å². The molecular weight excluding hydrogens is 635 g/mol. The number of aromatic nitrogens is 4. The van der Waals surface area contributed by atoms with E-state index in [1.165, 1.54) is 57.8 Å². The van der Waals surface area contributed by atoms with Gasteiger partial charge in [0.1, 0.15) is 29.3 Å². The van der Waals surface area contributed by atoms with E-state index in [4.69, 9.17) is 20.6 Å². The number of rotatable bonds is 7. The molecule has 4 aromatic rings. The van der Waals surface area contributed by atoms with Crippen molar-refractivity contribution in [1.29, 1.82) is 0 Å². The molecule has 9 heteroatoms. The van der Waals surface area contributed by atoms with Gasteiger partial charge in [0.05, 0.1) is 11.4 Å². The van der Waals surface area contributed by atoms with E-state index < -0.39 is 0 Å². The van der Waals surface area contributed by atoms with Crippen LogP contribution >= 0.6 is 0 Å². The molecule has 5 saturated carbocycles. The van der Waals surface area contributed by atoms with E-state index in [1.54, 1.807) is 6.33 Å². The zero-order valence-corrected chi connectivity index (χ0v) is 29.6. The largest absolute Gasteiger partial charge is 0.457 e. The number of benzene rings is 2. The van der Waals surface area contributed by atoms with Crippen LogP contribution in [-0.4, -0.2) is 67.7 Å². The fourth-order valence-corrected chi connectivity index (χ4v) is 13.2. The predicted octanol–water partition coefficient (Wildman–Crippen LogP) is 7.49. The van der Waals surface area contributed by atoms with Crippen molar-refractivity contribution in [3.05, 3.63) is 60.9 Å². The highest BCUT2D eigenvalue weighted by Gasteiger charge is 2.80. The number of nitrogens with zero attached hydrogens (tertiary/aromatic N) is 6. The van der Waals surface area contributed by atoms with Crippen LogP contribution in [0.4, 0.5) is 5.82 Å². The summed E-state index contributed by atoms with van der Waals surface area (Å²) >= 11 is 0. The summed E-state index contributed by atoms with van der Waals surface area (Å²) in [6.45, 7) is 4.11. The normalized spacial score (nSPS) is 32.4. The number of para-hydroxylation sites is 1. The van der Waals surface area contributed by atoms with Gasteiger partial charge in [0, 0.05) is 44.2 Å². The Labute approximate surface area is 299 Å². The molecule has 9 nitrogen and oxygen atoms in total. The average molecular weight is 684 g/mol. The maximum absolute atomic E-state index is 13.7. The fraction of sp³-hybridized carbons (Fsp3) is 0.571. The summed E-state index contributed by atoms with van der Waals surface area (Å²) < 4.78 is 8.14. The van der Waals surface area contributed by atoms with Crippen molar-refractivity contribution in [2.45, 2.75) is 89.1 Å². The predicted molar refractivity (Wildman–Crippen MR) is 196 cm³/mol. The van der Waals surface area contributed by atoms with Crippen LogP contribution in [0.3, 0.4) is 0 Å². The molecule has 2 aliphatic heterocycles. The van der Waals surface area contributed by atoms with E-state index in [1.807, 2.05) is 54.6 Å². The summed E-state index contributed by atoms with van der Waals surface area (Å²) in [6.07, 6.45) is 16.6. The van der Waals surface area contributed by atoms with Crippen molar-refractivity contribution in [2.75, 3.05) is 31.9 Å². The smallest absolute Gasteiger partial charge is 0.223 e. The second kappa shape index (κ2) is 11.0. The summed E-state index contributed by atoms with van der Waals surface area (Å²) in [7, 11) is 0. The van der Waals surface area contributed by atoms with Gasteiger partial charge in [-0.15, -0.1) is 0 Å². The quantitative estimate of drug-likeness (QED) is 0.215. The lowest BCUT2D eigenvalue weighted by atomic mass is 9.31. The zero-order chi connectivity index (χ0) is 34.0. The van der Waals surface area contributed by atoms with Gasteiger partial charge >= 0.3 is 0 Å². The topological polar surface area (TPSA) is 102 Å². The molecule has 51 heavy (non-hydrogen) atoms. The minimum Gasteiger partial charge on any atom is -0.457 e. The number of piperidine rings is 2. The molecule has 2 spiro atoms. The fourth-order valence-electron chi connectivity index (χ4n) is 13.2. The first-order valence-electron chi connectivity index (χ1n) is 19.7. The highest BCUT2D eigenvalue weighted by Crippen LogP contribution is 2.87. The van der Waals surface area contributed by atoms with Crippen molar-refractivity contribution in [3.8, 4) is 22.8 Å². The molecule has 264 valence electrons. The van der Waals surface area contributed by atoms with Crippen LogP contribution in [0.1, 0.15) is 83.1 Å². The third-order valence-electron chi connectivity index (χ3n) is 15.6. The second-order valence-electron chi connectivity index (χ2n) is 17.7. The number of likely N-dealkylation sites (tertiary alicyclic amines) is 2. The van der Waals surface area contributed by atoms with E-state index in [0.717, 1.165) is 97.0 Å². The highest BCUT2D eigenvalue weighted by atomic mass is 16.5. The average Bonchev–Trinajstić information content (AvgIpc) is 3.78. The molecule has 7 aliphatic rings. The Bertz CT molecular complexity index is 1990. The Hall–Kier alpha value is -3.98. The number of carbonyl (C=O) groups excluding carboxylic acids is 1. The lowest BCUT2D eigenvalue weighted by Gasteiger charge is -2.73. The van der Waals surface area contributed by atoms with E-state index in [0.29, 0.717) is 34.0 Å². The van der Waals surface area contributed by atoms with Crippen LogP contribution in [0.25, 0.3) is 22.3 Å². The molecule has 4 heterocycles. The van der Waals surface area contributed by atoms with Crippen LogP contribution in [0.5, 0.6) is 11.5 Å². The minimum atomic E-state index is 0.269. The standard InChI is InChI=1S/C42H49N7O2/c43-38-36-37(28-6-8-34(9-7-28)51-33-4-2-1-3-5-33)46-49(39(36)45-26-44-38)31-10-14-47(15-11-31)32-23-40(24-32)12-16-48(17-13-40)35(50)25-41-20-27-18-29-19-30(22-41)42(29,41)21-27/h1-9,26-27,29-32H,10-25H2,(H2,43,44,45). The molecule has 2 aromatic heterocycles. The van der Waals surface area contributed by atoms with Gasteiger partial charge in [0.2, 0.25) is 5.91 Å². The van der Waals surface area contributed by atoms with Gasteiger partial charge in [0.15, 0.2) is 5.65 Å². The van der Waals surface area contributed by atoms with Gasteiger partial charge in [-0.05, 0) is 141 Å². The summed E-state index contributed by atoms with van der Waals surface area (Å²) in [5.74, 6) is 5.41. The molecule has 2 aromatic carbocycles. The van der Waals surface area contributed by atoms with E-state index >= 15 is 0 Å². The van der Waals surface area contributed by atoms with Gasteiger partial charge in [0.25, 0.3) is 0 Å². The number of nitrogen functional groups attached to an aromatic ring is 1. The molecule has 5 atom stereocenters. The summed E-state index contributed by atoms with van der Waals surface area (Å²) in [4.78, 5) is 27.7. The maximum Gasteiger partial charge on any atom is 0.223 e. The number of amides is 1. The second-order valence-corrected chi connectivity index (χ2v) is 17.7. The van der Waals surface area contributed by atoms with Gasteiger partial charge in [-0.1, -0.05) is 18.2 Å². The van der Waals surface area contributed by atoms with E-state index in [2.05, 4.69) is 19.5 Å². The Morgan fingerprint density at radius 1 is 0.824 bits per heavy atom. The van der Waals surface area contributed by atoms with Gasteiger partial charge in [-0.3, -0.25) is 4.79 Å². The monoisotopic (exact) mass is 683 g/mol. The molecule has 2 N–H and O–H groups in total. The number of hydrogen-bond acceptors (Lipinski definition) is 7. The summed E-state index contributed by atoms with van der Waals surface area (Å²) in [5.41, 5.74) is 10.5. The lowest BCUT2D eigenvalue weighted by Crippen LogP contribution is -2.67. The summed E-state index contributed by atoms with van der Waals surface area (Å²) in [6, 6.07) is 18.8. The van der Waals surface area contributed by atoms with Crippen LogP contribution in [0, 0.1) is 34.0 Å². The molecule has 5 unspecified atom stereocenters. The van der Waals surface area contributed by atoms with Gasteiger partial charge < -0.3 is 20.3 Å². The minimum absolute atomic E-state index is 0.269. The van der Waals surface area contributed by atoms with Crippen LogP contribution in [0.2, 0.25) is 0 Å². The molecule has 0 radical (unpaired) electrons. The van der Waals surface area contributed by atoms with E-state index in [-0.39, 0.29) is 6.04 Å². The maximum atomic E-state index is 13.7. The summed E-state index contributed by atoms with van der Waals surface area (Å²) in [5, 5.41) is 5.98. The van der Waals surface area contributed by atoms with Gasteiger partial charge in [-0.2, -0.15) is 5.10 Å². The first-order chi connectivity index (χ1) is 24.9. The number of nitrogens with two attached hydrogens (primary N) is 1. The first kappa shape index (κ1) is 30.6. The SMILES string of the molecule is Nc1ncnc2c1c(-c1ccc(Oc3ccccc3)cc1)nn2C1CCN(C2CC3(CCN(C(=O)CC45CC6CC7CC(C4)C75C6)CC3)C2)CC1. The molecule has 2 saturated heterocycles. The molecule has 7 fully saturated rings. The van der Waals surface area contributed by atoms with Crippen molar-refractivity contribution in [3.63, 3.8) is 0 Å². The van der Waals surface area contributed by atoms with E-state index in [9.17, 15) is 4.79 Å². The van der Waals surface area contributed by atoms with Crippen molar-refractivity contribution >= 4 is 22.8 Å². The third-order valence-corrected chi connectivity index (χ3v) is 15.6. The Morgan fingerprint density at radius 3 is 2.33 bits per heavy atom. The van der Waals surface area contributed by atoms with Crippen LogP contribution < -0.4 is 10.5 Å². The van der Waals surface area contributed by atoms with Crippen LogP contribution in [-0.2, 0) is 4.79 Å². The number of ether oxygens (including phenoxy) is 1. The first-order valence-corrected chi connectivity index (χ1v) is 19.7. The lowest BCUT2D eigenvalue weighted by molar-refractivity contribution is -0.246. The third kappa shape index (κ3) is 4.48. The van der Waals surface area contributed by atoms with Crippen molar-refractivity contribution in [1.82, 2.24) is 29.5 Å². The Morgan fingerprint density at radius 2 is 1.59 bits per heavy atom. The Kier molecular flexibility index (Phi) is 6.62. The Balaban J connectivity index is 0.710. The van der Waals surface area contributed by atoms with Crippen molar-refractivity contribution < 1.29 is 9.53 Å². The molecule has 1 amide bonds. The number of fused-ring (bicyclic) bond motifs is 2. The highest BCUT2D eigenvalue weighted by molar-refractivity contribution is 5.98. The molecular formula is C42H49N7O2. The molecule has 5 aliphatic carbocycles. The number of anilines is 1. The number of carbonyl (C=O) groups is 1. The van der Waals surface area contributed by atoms with Crippen LogP contribution in [0.15, 0.2) is 60.9 Å². The zero-order valence-electron chi connectivity index (χ0n) is 29.6. The molecule has 2 bridgehead atoms. The molecule has 11 rings (SSSR count).